The van der Waals surface area contributed by atoms with Crippen molar-refractivity contribution in [2.75, 3.05) is 26.5 Å². The first-order valence-electron chi connectivity index (χ1n) is 11.9. The molecule has 11 nitrogen and oxygen atoms in total. The van der Waals surface area contributed by atoms with Gasteiger partial charge in [0.25, 0.3) is 5.56 Å². The van der Waals surface area contributed by atoms with E-state index >= 15 is 0 Å². The van der Waals surface area contributed by atoms with E-state index in [0.717, 1.165) is 5.39 Å². The van der Waals surface area contributed by atoms with E-state index in [0.29, 0.717) is 60.9 Å². The van der Waals surface area contributed by atoms with Crippen LogP contribution in [0.15, 0.2) is 23.0 Å². The molecule has 0 radical (unpaired) electrons. The van der Waals surface area contributed by atoms with Crippen molar-refractivity contribution in [2.24, 2.45) is 5.92 Å². The fourth-order valence-electron chi connectivity index (χ4n) is 4.81. The summed E-state index contributed by atoms with van der Waals surface area (Å²) < 4.78 is 18.0. The summed E-state index contributed by atoms with van der Waals surface area (Å²) >= 11 is 0. The molecule has 2 aromatic heterocycles. The molecular formula is C24H30N6O5. The van der Waals surface area contributed by atoms with Crippen LogP contribution in [0.25, 0.3) is 10.9 Å². The number of ether oxygens (including phenoxy) is 3. The average Bonchev–Trinajstić information content (AvgIpc) is 3.48. The minimum absolute atomic E-state index is 0.153. The summed E-state index contributed by atoms with van der Waals surface area (Å²) in [5.41, 5.74) is 0.581. The number of aromatic nitrogens is 5. The molecule has 0 saturated carbocycles. The number of carbonyl (C=O) groups is 1. The molecule has 4 heterocycles. The second kappa shape index (κ2) is 8.95. The average molecular weight is 483 g/mol. The van der Waals surface area contributed by atoms with Gasteiger partial charge in [-0.25, -0.2) is 4.68 Å². The number of hydrogen-bond acceptors (Lipinski definition) is 9. The van der Waals surface area contributed by atoms with E-state index in [9.17, 15) is 9.59 Å². The molecule has 2 aliphatic rings. The summed E-state index contributed by atoms with van der Waals surface area (Å²) in [6.07, 6.45) is 1.27. The van der Waals surface area contributed by atoms with Gasteiger partial charge >= 0.3 is 5.97 Å². The lowest BCUT2D eigenvalue weighted by Gasteiger charge is -2.37. The van der Waals surface area contributed by atoms with Crippen LogP contribution in [0.3, 0.4) is 0 Å². The minimum atomic E-state index is -0.494. The lowest BCUT2D eigenvalue weighted by molar-refractivity contribution is -0.149. The molecule has 1 atom stereocenters. The van der Waals surface area contributed by atoms with Crippen molar-refractivity contribution in [3.05, 3.63) is 39.9 Å². The van der Waals surface area contributed by atoms with Gasteiger partial charge in [-0.15, -0.1) is 5.10 Å². The van der Waals surface area contributed by atoms with Gasteiger partial charge in [-0.1, -0.05) is 0 Å². The third kappa shape index (κ3) is 4.36. The molecular weight excluding hydrogens is 452 g/mol. The highest BCUT2D eigenvalue weighted by molar-refractivity contribution is 5.83. The summed E-state index contributed by atoms with van der Waals surface area (Å²) in [5, 5.41) is 13.4. The number of fused-ring (bicyclic) bond motifs is 2. The van der Waals surface area contributed by atoms with Crippen molar-refractivity contribution in [3.8, 4) is 11.5 Å². The second-order valence-corrected chi connectivity index (χ2v) is 9.93. The van der Waals surface area contributed by atoms with Crippen LogP contribution < -0.4 is 15.0 Å². The molecule has 0 amide bonds. The number of nitrogens with zero attached hydrogens (tertiary/aromatic N) is 5. The minimum Gasteiger partial charge on any atom is -0.466 e. The van der Waals surface area contributed by atoms with Gasteiger partial charge in [0.1, 0.15) is 6.04 Å². The fraction of sp³-hybridized carbons (Fsp3) is 0.542. The molecule has 1 N–H and O–H groups in total. The number of H-pyrrole nitrogens is 1. The zero-order chi connectivity index (χ0) is 24.7. The van der Waals surface area contributed by atoms with E-state index in [1.54, 1.807) is 10.7 Å². The first-order valence-corrected chi connectivity index (χ1v) is 11.9. The predicted molar refractivity (Wildman–Crippen MR) is 126 cm³/mol. The Kier molecular flexibility index (Phi) is 5.96. The summed E-state index contributed by atoms with van der Waals surface area (Å²) in [6, 6.07) is 5.03. The van der Waals surface area contributed by atoms with Crippen LogP contribution in [-0.2, 0) is 15.1 Å². The highest BCUT2D eigenvalue weighted by Gasteiger charge is 2.36. The van der Waals surface area contributed by atoms with Crippen LogP contribution in [0.1, 0.15) is 58.0 Å². The van der Waals surface area contributed by atoms with Gasteiger partial charge < -0.3 is 19.2 Å². The van der Waals surface area contributed by atoms with Crippen LogP contribution in [-0.4, -0.2) is 62.5 Å². The van der Waals surface area contributed by atoms with Crippen LogP contribution >= 0.6 is 0 Å². The number of piperidine rings is 1. The molecule has 0 unspecified atom stereocenters. The Hall–Kier alpha value is -3.47. The Morgan fingerprint density at radius 1 is 1.20 bits per heavy atom. The van der Waals surface area contributed by atoms with Gasteiger partial charge in [0, 0.05) is 30.1 Å². The van der Waals surface area contributed by atoms with Crippen molar-refractivity contribution >= 4 is 16.9 Å². The van der Waals surface area contributed by atoms with Crippen molar-refractivity contribution in [1.29, 1.82) is 0 Å². The predicted octanol–water partition coefficient (Wildman–Crippen LogP) is 2.36. The third-order valence-corrected chi connectivity index (χ3v) is 6.55. The molecule has 35 heavy (non-hydrogen) atoms. The van der Waals surface area contributed by atoms with Gasteiger partial charge in [-0.05, 0) is 63.1 Å². The molecule has 0 aliphatic carbocycles. The molecule has 1 aromatic carbocycles. The highest BCUT2D eigenvalue weighted by atomic mass is 16.7. The molecule has 11 heteroatoms. The number of nitrogens with one attached hydrogen (secondary N) is 1. The van der Waals surface area contributed by atoms with E-state index in [1.165, 1.54) is 0 Å². The van der Waals surface area contributed by atoms with Gasteiger partial charge in [0.05, 0.1) is 23.6 Å². The summed E-state index contributed by atoms with van der Waals surface area (Å²) in [7, 11) is 0. The largest absolute Gasteiger partial charge is 0.466 e. The molecule has 186 valence electrons. The standard InChI is InChI=1S/C24H30N6O5/c1-5-33-23(32)14-6-8-29(9-7-14)20(21-26-27-28-30(21)24(2,3)4)16-10-15-11-18-19(35-13-34-18)12-17(15)25-22(16)31/h10-12,14,20H,5-9,13H2,1-4H3,(H,25,31)/t20-/m0/s1. The number of rotatable bonds is 5. The lowest BCUT2D eigenvalue weighted by atomic mass is 9.93. The fourth-order valence-corrected chi connectivity index (χ4v) is 4.81. The number of carbonyl (C=O) groups excluding carboxylic acids is 1. The zero-order valence-corrected chi connectivity index (χ0v) is 20.4. The Morgan fingerprint density at radius 2 is 1.91 bits per heavy atom. The SMILES string of the molecule is CCOC(=O)C1CCN([C@@H](c2cc3cc4c(cc3[nH]c2=O)OCO4)c2nnnn2C(C)(C)C)CC1. The van der Waals surface area contributed by atoms with Crippen LogP contribution in [0.5, 0.6) is 11.5 Å². The summed E-state index contributed by atoms with van der Waals surface area (Å²) in [6.45, 7) is 9.59. The van der Waals surface area contributed by atoms with E-state index in [-0.39, 0.29) is 24.2 Å². The smallest absolute Gasteiger partial charge is 0.309 e. The zero-order valence-electron chi connectivity index (χ0n) is 20.4. The highest BCUT2D eigenvalue weighted by Crippen LogP contribution is 2.37. The molecule has 5 rings (SSSR count). The van der Waals surface area contributed by atoms with Gasteiger partial charge in [0.2, 0.25) is 6.79 Å². The number of pyridine rings is 1. The molecule has 0 bridgehead atoms. The molecule has 3 aromatic rings. The van der Waals surface area contributed by atoms with Crippen LogP contribution in [0.4, 0.5) is 0 Å². The Balaban J connectivity index is 1.57. The number of benzene rings is 1. The maximum atomic E-state index is 13.4. The van der Waals surface area contributed by atoms with E-state index in [1.807, 2.05) is 39.8 Å². The molecule has 2 aliphatic heterocycles. The van der Waals surface area contributed by atoms with Crippen LogP contribution in [0, 0.1) is 5.92 Å². The normalized spacial score (nSPS) is 17.6. The second-order valence-electron chi connectivity index (χ2n) is 9.93. The number of tetrazole rings is 1. The lowest BCUT2D eigenvalue weighted by Crippen LogP contribution is -2.43. The van der Waals surface area contributed by atoms with Gasteiger partial charge in [-0.3, -0.25) is 14.5 Å². The first-order chi connectivity index (χ1) is 16.8. The van der Waals surface area contributed by atoms with Crippen molar-refractivity contribution < 1.29 is 19.0 Å². The number of esters is 1. The van der Waals surface area contributed by atoms with E-state index < -0.39 is 11.6 Å². The number of hydrogen-bond donors (Lipinski definition) is 1. The molecule has 0 spiro atoms. The summed E-state index contributed by atoms with van der Waals surface area (Å²) in [4.78, 5) is 30.9. The maximum Gasteiger partial charge on any atom is 0.309 e. The van der Waals surface area contributed by atoms with Gasteiger partial charge in [-0.2, -0.15) is 0 Å². The quantitative estimate of drug-likeness (QED) is 0.546. The summed E-state index contributed by atoms with van der Waals surface area (Å²) in [5.74, 6) is 1.51. The molecule has 1 fully saturated rings. The van der Waals surface area contributed by atoms with Crippen molar-refractivity contribution in [2.45, 2.75) is 52.1 Å². The van der Waals surface area contributed by atoms with Crippen molar-refractivity contribution in [1.82, 2.24) is 30.1 Å². The Bertz CT molecular complexity index is 1300. The Morgan fingerprint density at radius 3 is 2.60 bits per heavy atom. The third-order valence-electron chi connectivity index (χ3n) is 6.55. The first kappa shape index (κ1) is 23.3. The number of aromatic amines is 1. The van der Waals surface area contributed by atoms with Crippen molar-refractivity contribution in [3.63, 3.8) is 0 Å². The van der Waals surface area contributed by atoms with Gasteiger partial charge in [0.15, 0.2) is 17.3 Å². The van der Waals surface area contributed by atoms with Crippen LogP contribution in [0.2, 0.25) is 0 Å². The monoisotopic (exact) mass is 482 g/mol. The number of likely N-dealkylation sites (tertiary alicyclic amines) is 1. The molecule has 1 saturated heterocycles. The topological polar surface area (TPSA) is 124 Å². The maximum absolute atomic E-state index is 13.4. The van der Waals surface area contributed by atoms with E-state index in [4.69, 9.17) is 14.2 Å². The Labute approximate surface area is 202 Å². The van der Waals surface area contributed by atoms with E-state index in [2.05, 4.69) is 25.4 Å².